The third kappa shape index (κ3) is 4.87. The van der Waals surface area contributed by atoms with Crippen molar-refractivity contribution in [1.29, 1.82) is 0 Å². The second kappa shape index (κ2) is 9.77. The molecule has 4 amide bonds. The summed E-state index contributed by atoms with van der Waals surface area (Å²) in [7, 11) is 0. The van der Waals surface area contributed by atoms with Crippen molar-refractivity contribution in [3.05, 3.63) is 104 Å². The topological polar surface area (TPSA) is 66.5 Å². The fourth-order valence-corrected chi connectivity index (χ4v) is 4.80. The molecule has 34 heavy (non-hydrogen) atoms. The highest BCUT2D eigenvalue weighted by molar-refractivity contribution is 9.10. The van der Waals surface area contributed by atoms with Gasteiger partial charge in [-0.1, -0.05) is 82.5 Å². The molecular weight excluding hydrogens is 492 g/mol. The lowest BCUT2D eigenvalue weighted by Gasteiger charge is -2.28. The second-order valence-corrected chi connectivity index (χ2v) is 9.32. The summed E-state index contributed by atoms with van der Waals surface area (Å²) in [6.07, 6.45) is 2.93. The lowest BCUT2D eigenvalue weighted by molar-refractivity contribution is -0.122. The summed E-state index contributed by atoms with van der Waals surface area (Å²) >= 11 is 3.63. The van der Waals surface area contributed by atoms with Gasteiger partial charge < -0.3 is 0 Å². The van der Waals surface area contributed by atoms with Crippen LogP contribution in [0.25, 0.3) is 6.08 Å². The third-order valence-electron chi connectivity index (χ3n) is 5.78. The van der Waals surface area contributed by atoms with Gasteiger partial charge >= 0.3 is 6.03 Å². The molecule has 6 heteroatoms. The van der Waals surface area contributed by atoms with Crippen molar-refractivity contribution in [2.45, 2.75) is 33.6 Å². The van der Waals surface area contributed by atoms with Crippen molar-refractivity contribution in [3.63, 3.8) is 0 Å². The summed E-state index contributed by atoms with van der Waals surface area (Å²) in [5, 5.41) is 2.30. The van der Waals surface area contributed by atoms with Gasteiger partial charge in [0.15, 0.2) is 0 Å². The van der Waals surface area contributed by atoms with Gasteiger partial charge in [0.05, 0.1) is 5.69 Å². The first-order valence-electron chi connectivity index (χ1n) is 11.1. The zero-order chi connectivity index (χ0) is 24.4. The van der Waals surface area contributed by atoms with Crippen LogP contribution >= 0.6 is 15.9 Å². The highest BCUT2D eigenvalue weighted by Gasteiger charge is 2.37. The van der Waals surface area contributed by atoms with Crippen LogP contribution in [0.2, 0.25) is 0 Å². The quantitative estimate of drug-likeness (QED) is 0.339. The highest BCUT2D eigenvalue weighted by Crippen LogP contribution is 2.27. The van der Waals surface area contributed by atoms with E-state index in [2.05, 4.69) is 53.3 Å². The van der Waals surface area contributed by atoms with E-state index in [9.17, 15) is 14.4 Å². The van der Waals surface area contributed by atoms with E-state index in [1.807, 2.05) is 37.3 Å². The zero-order valence-corrected chi connectivity index (χ0v) is 20.9. The van der Waals surface area contributed by atoms with Crippen LogP contribution in [-0.2, 0) is 22.4 Å². The van der Waals surface area contributed by atoms with E-state index in [4.69, 9.17) is 0 Å². The van der Waals surface area contributed by atoms with Crippen molar-refractivity contribution >= 4 is 45.5 Å². The Kier molecular flexibility index (Phi) is 6.80. The molecule has 1 saturated heterocycles. The molecule has 0 saturated carbocycles. The number of rotatable bonds is 5. The number of anilines is 1. The number of hydrogen-bond donors (Lipinski definition) is 1. The second-order valence-electron chi connectivity index (χ2n) is 8.46. The van der Waals surface area contributed by atoms with Gasteiger partial charge in [-0.05, 0) is 67.2 Å². The number of para-hydroxylation sites is 1. The summed E-state index contributed by atoms with van der Waals surface area (Å²) in [6, 6.07) is 18.7. The Morgan fingerprint density at radius 1 is 0.912 bits per heavy atom. The number of carbonyl (C=O) groups excluding carboxylic acids is 3. The molecule has 0 aliphatic carbocycles. The smallest absolute Gasteiger partial charge is 0.273 e. The maximum atomic E-state index is 13.2. The maximum Gasteiger partial charge on any atom is 0.335 e. The first kappa shape index (κ1) is 23.6. The molecule has 172 valence electrons. The number of urea groups is 1. The largest absolute Gasteiger partial charge is 0.335 e. The van der Waals surface area contributed by atoms with Crippen molar-refractivity contribution in [3.8, 4) is 0 Å². The van der Waals surface area contributed by atoms with E-state index < -0.39 is 17.8 Å². The minimum Gasteiger partial charge on any atom is -0.273 e. The molecular formula is C28H25BrN2O3. The van der Waals surface area contributed by atoms with Gasteiger partial charge in [0, 0.05) is 4.47 Å². The van der Waals surface area contributed by atoms with E-state index in [-0.39, 0.29) is 5.57 Å². The Bertz CT molecular complexity index is 1320. The van der Waals surface area contributed by atoms with Crippen LogP contribution in [0.4, 0.5) is 10.5 Å². The Morgan fingerprint density at radius 3 is 2.29 bits per heavy atom. The minimum absolute atomic E-state index is 0.0838. The molecule has 3 aromatic carbocycles. The molecule has 3 aromatic rings. The number of amides is 4. The number of halogens is 1. The minimum atomic E-state index is -0.738. The van der Waals surface area contributed by atoms with Crippen LogP contribution < -0.4 is 10.2 Å². The molecule has 1 aliphatic rings. The van der Waals surface area contributed by atoms with E-state index in [0.29, 0.717) is 17.7 Å². The lowest BCUT2D eigenvalue weighted by atomic mass is 9.99. The number of benzene rings is 3. The average Bonchev–Trinajstić information content (AvgIpc) is 2.78. The lowest BCUT2D eigenvalue weighted by Crippen LogP contribution is -2.54. The Morgan fingerprint density at radius 2 is 1.62 bits per heavy atom. The molecule has 1 heterocycles. The van der Waals surface area contributed by atoms with E-state index >= 15 is 0 Å². The fourth-order valence-electron chi connectivity index (χ4n) is 4.26. The summed E-state index contributed by atoms with van der Waals surface area (Å²) in [4.78, 5) is 39.4. The van der Waals surface area contributed by atoms with Gasteiger partial charge in [0.1, 0.15) is 5.57 Å². The fraction of sp³-hybridized carbons (Fsp3) is 0.179. The monoisotopic (exact) mass is 516 g/mol. The van der Waals surface area contributed by atoms with Crippen molar-refractivity contribution in [1.82, 2.24) is 5.32 Å². The molecule has 4 rings (SSSR count). The predicted molar refractivity (Wildman–Crippen MR) is 138 cm³/mol. The predicted octanol–water partition coefficient (Wildman–Crippen LogP) is 5.89. The standard InChI is InChI=1S/C28H25BrN2O3/c1-4-21-7-5-6-8-25(21)31-27(33)23(26(32)30-28(31)34)15-19-9-10-22(24(29)16-19)14-20-12-17(2)11-18(3)13-20/h5-13,15-16H,4,14H2,1-3H3,(H,30,32,34)/b23-15-. The van der Waals surface area contributed by atoms with E-state index in [0.717, 1.165) is 26.9 Å². The molecule has 0 spiro atoms. The van der Waals surface area contributed by atoms with Crippen LogP contribution in [0.3, 0.4) is 0 Å². The van der Waals surface area contributed by atoms with Crippen molar-refractivity contribution in [2.75, 3.05) is 4.90 Å². The molecule has 1 N–H and O–H groups in total. The number of imide groups is 2. The normalized spacial score (nSPS) is 15.1. The first-order valence-corrected chi connectivity index (χ1v) is 11.9. The summed E-state index contributed by atoms with van der Waals surface area (Å²) in [6.45, 7) is 6.12. The number of nitrogens with one attached hydrogen (secondary N) is 1. The van der Waals surface area contributed by atoms with E-state index in [1.165, 1.54) is 22.8 Å². The first-order chi connectivity index (χ1) is 16.3. The number of barbiturate groups is 1. The van der Waals surface area contributed by atoms with Crippen LogP contribution in [0.5, 0.6) is 0 Å². The van der Waals surface area contributed by atoms with Gasteiger partial charge in [-0.25, -0.2) is 9.69 Å². The summed E-state index contributed by atoms with van der Waals surface area (Å²) in [5.74, 6) is -1.33. The summed E-state index contributed by atoms with van der Waals surface area (Å²) < 4.78 is 0.883. The average molecular weight is 517 g/mol. The number of nitrogens with zero attached hydrogens (tertiary/aromatic N) is 1. The van der Waals surface area contributed by atoms with Gasteiger partial charge in [0.25, 0.3) is 11.8 Å². The maximum absolute atomic E-state index is 13.2. The zero-order valence-electron chi connectivity index (χ0n) is 19.3. The molecule has 0 aromatic heterocycles. The van der Waals surface area contributed by atoms with Gasteiger partial charge in [0.2, 0.25) is 0 Å². The molecule has 0 bridgehead atoms. The number of aryl methyl sites for hydroxylation is 3. The Hall–Kier alpha value is -3.51. The van der Waals surface area contributed by atoms with Crippen molar-refractivity contribution in [2.24, 2.45) is 0 Å². The van der Waals surface area contributed by atoms with Gasteiger partial charge in [-0.15, -0.1) is 0 Å². The molecule has 0 atom stereocenters. The van der Waals surface area contributed by atoms with E-state index in [1.54, 1.807) is 12.1 Å². The molecule has 5 nitrogen and oxygen atoms in total. The van der Waals surface area contributed by atoms with Crippen LogP contribution in [0.15, 0.2) is 70.7 Å². The third-order valence-corrected chi connectivity index (χ3v) is 6.52. The SMILES string of the molecule is CCc1ccccc1N1C(=O)NC(=O)/C(=C/c2ccc(Cc3cc(C)cc(C)c3)c(Br)c2)C1=O. The Balaban J connectivity index is 1.64. The molecule has 0 unspecified atom stereocenters. The van der Waals surface area contributed by atoms with Gasteiger partial charge in [-0.3, -0.25) is 14.9 Å². The van der Waals surface area contributed by atoms with Gasteiger partial charge in [-0.2, -0.15) is 0 Å². The molecule has 0 radical (unpaired) electrons. The van der Waals surface area contributed by atoms with Crippen LogP contribution in [-0.4, -0.2) is 17.8 Å². The van der Waals surface area contributed by atoms with Crippen LogP contribution in [0.1, 0.15) is 40.3 Å². The molecule has 1 aliphatic heterocycles. The van der Waals surface area contributed by atoms with Crippen molar-refractivity contribution < 1.29 is 14.4 Å². The Labute approximate surface area is 207 Å². The molecule has 1 fully saturated rings. The number of hydrogen-bond acceptors (Lipinski definition) is 3. The number of carbonyl (C=O) groups is 3. The highest BCUT2D eigenvalue weighted by atomic mass is 79.9. The van der Waals surface area contributed by atoms with Crippen LogP contribution in [0, 0.1) is 13.8 Å². The summed E-state index contributed by atoms with van der Waals surface area (Å²) in [5.41, 5.74) is 6.69.